The Morgan fingerprint density at radius 2 is 1.94 bits per heavy atom. The van der Waals surface area contributed by atoms with Crippen molar-refractivity contribution in [2.75, 3.05) is 0 Å². The Morgan fingerprint density at radius 1 is 1.29 bits per heavy atom. The normalized spacial score (nSPS) is 12.3. The molecule has 0 saturated carbocycles. The molecule has 0 spiro atoms. The van der Waals surface area contributed by atoms with Gasteiger partial charge in [0.2, 0.25) is 0 Å². The van der Waals surface area contributed by atoms with E-state index in [1.54, 1.807) is 0 Å². The number of esters is 1. The molecule has 0 aromatic heterocycles. The molecule has 3 heteroatoms. The van der Waals surface area contributed by atoms with Gasteiger partial charge in [0.15, 0.2) is 6.10 Å². The molecule has 0 fully saturated rings. The van der Waals surface area contributed by atoms with Gasteiger partial charge >= 0.3 is 5.97 Å². The quantitative estimate of drug-likeness (QED) is 0.737. The van der Waals surface area contributed by atoms with E-state index in [-0.39, 0.29) is 12.1 Å². The van der Waals surface area contributed by atoms with Crippen LogP contribution in [0.3, 0.4) is 0 Å². The lowest BCUT2D eigenvalue weighted by Gasteiger charge is -2.19. The van der Waals surface area contributed by atoms with Gasteiger partial charge in [0.1, 0.15) is 5.75 Å². The highest BCUT2D eigenvalue weighted by atomic mass is 16.6. The number of hydrogen-bond acceptors (Lipinski definition) is 3. The minimum Gasteiger partial charge on any atom is -0.478 e. The van der Waals surface area contributed by atoms with Gasteiger partial charge in [-0.2, -0.15) is 0 Å². The van der Waals surface area contributed by atoms with Gasteiger partial charge in [-0.3, -0.25) is 0 Å². The van der Waals surface area contributed by atoms with Gasteiger partial charge in [-0.05, 0) is 38.8 Å². The second kappa shape index (κ2) is 6.28. The third-order valence-electron chi connectivity index (χ3n) is 2.35. The third kappa shape index (κ3) is 4.10. The van der Waals surface area contributed by atoms with Crippen molar-refractivity contribution in [2.45, 2.75) is 46.3 Å². The second-order valence-electron chi connectivity index (χ2n) is 4.27. The Balaban J connectivity index is 2.70. The Morgan fingerprint density at radius 3 is 2.47 bits per heavy atom. The number of benzene rings is 1. The minimum absolute atomic E-state index is 0.114. The van der Waals surface area contributed by atoms with Crippen LogP contribution in [0.2, 0.25) is 0 Å². The van der Waals surface area contributed by atoms with Crippen LogP contribution in [-0.2, 0) is 9.53 Å². The van der Waals surface area contributed by atoms with Crippen molar-refractivity contribution in [1.82, 2.24) is 0 Å². The van der Waals surface area contributed by atoms with Crippen molar-refractivity contribution >= 4 is 5.97 Å². The van der Waals surface area contributed by atoms with Crippen LogP contribution in [0.15, 0.2) is 24.3 Å². The summed E-state index contributed by atoms with van der Waals surface area (Å²) in [7, 11) is 0. The van der Waals surface area contributed by atoms with Crippen LogP contribution in [0.25, 0.3) is 0 Å². The van der Waals surface area contributed by atoms with Crippen molar-refractivity contribution < 1.29 is 14.3 Å². The Bertz CT molecular complexity index is 371. The minimum atomic E-state index is -0.529. The summed E-state index contributed by atoms with van der Waals surface area (Å²) in [6, 6.07) is 7.65. The summed E-state index contributed by atoms with van der Waals surface area (Å²) in [5.74, 6) is 0.436. The summed E-state index contributed by atoms with van der Waals surface area (Å²) >= 11 is 0. The maximum atomic E-state index is 11.8. The van der Waals surface area contributed by atoms with Crippen LogP contribution in [0.4, 0.5) is 0 Å². The molecule has 0 saturated heterocycles. The van der Waals surface area contributed by atoms with Crippen molar-refractivity contribution in [3.8, 4) is 5.75 Å². The monoisotopic (exact) mass is 236 g/mol. The average Bonchev–Trinajstić information content (AvgIpc) is 2.27. The lowest BCUT2D eigenvalue weighted by atomic mass is 10.2. The molecule has 1 aromatic rings. The predicted molar refractivity (Wildman–Crippen MR) is 67.1 cm³/mol. The molecule has 0 aliphatic heterocycles. The average molecular weight is 236 g/mol. The summed E-state index contributed by atoms with van der Waals surface area (Å²) in [5, 5.41) is 0. The molecule has 1 atom stereocenters. The van der Waals surface area contributed by atoms with Gasteiger partial charge in [0, 0.05) is 0 Å². The first-order chi connectivity index (χ1) is 8.04. The molecule has 0 aliphatic rings. The maximum absolute atomic E-state index is 11.8. The zero-order valence-electron chi connectivity index (χ0n) is 10.9. The van der Waals surface area contributed by atoms with E-state index in [0.29, 0.717) is 6.42 Å². The van der Waals surface area contributed by atoms with Crippen molar-refractivity contribution in [1.29, 1.82) is 0 Å². The molecule has 0 amide bonds. The molecule has 0 radical (unpaired) electrons. The van der Waals surface area contributed by atoms with E-state index in [1.807, 2.05) is 52.0 Å². The van der Waals surface area contributed by atoms with Crippen LogP contribution in [0, 0.1) is 6.92 Å². The van der Waals surface area contributed by atoms with Gasteiger partial charge < -0.3 is 9.47 Å². The summed E-state index contributed by atoms with van der Waals surface area (Å²) in [5.41, 5.74) is 1.02. The molecule has 1 unspecified atom stereocenters. The lowest BCUT2D eigenvalue weighted by Crippen LogP contribution is -2.30. The summed E-state index contributed by atoms with van der Waals surface area (Å²) in [4.78, 5) is 11.8. The van der Waals surface area contributed by atoms with Gasteiger partial charge in [0.05, 0.1) is 6.10 Å². The van der Waals surface area contributed by atoms with Gasteiger partial charge in [-0.1, -0.05) is 25.1 Å². The standard InChI is InChI=1S/C14H20O3/c1-5-12(14(15)16-10(2)3)17-13-9-7-6-8-11(13)4/h6-10,12H,5H2,1-4H3. The van der Waals surface area contributed by atoms with E-state index in [9.17, 15) is 4.79 Å². The van der Waals surface area contributed by atoms with Gasteiger partial charge in [-0.15, -0.1) is 0 Å². The van der Waals surface area contributed by atoms with Gasteiger partial charge in [0.25, 0.3) is 0 Å². The molecule has 94 valence electrons. The van der Waals surface area contributed by atoms with Crippen LogP contribution in [0.1, 0.15) is 32.8 Å². The smallest absolute Gasteiger partial charge is 0.347 e. The van der Waals surface area contributed by atoms with E-state index in [2.05, 4.69) is 0 Å². The topological polar surface area (TPSA) is 35.5 Å². The molecule has 17 heavy (non-hydrogen) atoms. The number of carbonyl (C=O) groups excluding carboxylic acids is 1. The van der Waals surface area contributed by atoms with Gasteiger partial charge in [-0.25, -0.2) is 4.79 Å². The third-order valence-corrected chi connectivity index (χ3v) is 2.35. The Kier molecular flexibility index (Phi) is 5.01. The highest BCUT2D eigenvalue weighted by Crippen LogP contribution is 2.19. The number of aryl methyl sites for hydroxylation is 1. The molecule has 0 bridgehead atoms. The highest BCUT2D eigenvalue weighted by molar-refractivity contribution is 5.75. The van der Waals surface area contributed by atoms with Crippen molar-refractivity contribution in [3.63, 3.8) is 0 Å². The molecule has 1 aromatic carbocycles. The van der Waals surface area contributed by atoms with E-state index >= 15 is 0 Å². The first-order valence-electron chi connectivity index (χ1n) is 5.97. The zero-order valence-corrected chi connectivity index (χ0v) is 10.9. The van der Waals surface area contributed by atoms with Crippen LogP contribution < -0.4 is 4.74 Å². The van der Waals surface area contributed by atoms with E-state index in [4.69, 9.17) is 9.47 Å². The largest absolute Gasteiger partial charge is 0.478 e. The predicted octanol–water partition coefficient (Wildman–Crippen LogP) is 3.10. The summed E-state index contributed by atoms with van der Waals surface area (Å²) < 4.78 is 10.8. The van der Waals surface area contributed by atoms with Crippen LogP contribution >= 0.6 is 0 Å². The van der Waals surface area contributed by atoms with E-state index < -0.39 is 6.10 Å². The molecule has 3 nitrogen and oxygen atoms in total. The van der Waals surface area contributed by atoms with E-state index in [1.165, 1.54) is 0 Å². The number of rotatable bonds is 5. The number of para-hydroxylation sites is 1. The van der Waals surface area contributed by atoms with E-state index in [0.717, 1.165) is 11.3 Å². The summed E-state index contributed by atoms with van der Waals surface area (Å²) in [6.45, 7) is 7.52. The Hall–Kier alpha value is -1.51. The number of carbonyl (C=O) groups is 1. The number of ether oxygens (including phenoxy) is 2. The fraction of sp³-hybridized carbons (Fsp3) is 0.500. The first kappa shape index (κ1) is 13.6. The molecular formula is C14H20O3. The molecule has 1 rings (SSSR count). The molecule has 0 aliphatic carbocycles. The lowest BCUT2D eigenvalue weighted by molar-refractivity contribution is -0.155. The molecular weight excluding hydrogens is 216 g/mol. The summed E-state index contributed by atoms with van der Waals surface area (Å²) in [6.07, 6.45) is -0.0459. The fourth-order valence-electron chi connectivity index (χ4n) is 1.45. The second-order valence-corrected chi connectivity index (χ2v) is 4.27. The Labute approximate surface area is 103 Å². The number of hydrogen-bond donors (Lipinski definition) is 0. The first-order valence-corrected chi connectivity index (χ1v) is 5.97. The van der Waals surface area contributed by atoms with Crippen molar-refractivity contribution in [2.24, 2.45) is 0 Å². The van der Waals surface area contributed by atoms with Crippen LogP contribution in [-0.4, -0.2) is 18.2 Å². The fourth-order valence-corrected chi connectivity index (χ4v) is 1.45. The highest BCUT2D eigenvalue weighted by Gasteiger charge is 2.21. The van der Waals surface area contributed by atoms with Crippen molar-refractivity contribution in [3.05, 3.63) is 29.8 Å². The van der Waals surface area contributed by atoms with Crippen LogP contribution in [0.5, 0.6) is 5.75 Å². The molecule has 0 N–H and O–H groups in total. The zero-order chi connectivity index (χ0) is 12.8. The SMILES string of the molecule is CCC(Oc1ccccc1C)C(=O)OC(C)C. The molecule has 0 heterocycles. The maximum Gasteiger partial charge on any atom is 0.347 e.